The lowest BCUT2D eigenvalue weighted by atomic mass is 10.1. The van der Waals surface area contributed by atoms with Crippen molar-refractivity contribution in [3.63, 3.8) is 0 Å². The first-order chi connectivity index (χ1) is 9.66. The summed E-state index contributed by atoms with van der Waals surface area (Å²) in [6.07, 6.45) is 3.86. The summed E-state index contributed by atoms with van der Waals surface area (Å²) in [5.41, 5.74) is 4.40. The highest BCUT2D eigenvalue weighted by Crippen LogP contribution is 2.21. The second-order valence-corrected chi connectivity index (χ2v) is 5.04. The second-order valence-electron chi connectivity index (χ2n) is 5.04. The summed E-state index contributed by atoms with van der Waals surface area (Å²) < 4.78 is 7.10. The predicted molar refractivity (Wildman–Crippen MR) is 76.4 cm³/mol. The zero-order valence-electron chi connectivity index (χ0n) is 11.9. The van der Waals surface area contributed by atoms with Crippen molar-refractivity contribution in [2.45, 2.75) is 33.4 Å². The molecule has 0 aliphatic rings. The van der Waals surface area contributed by atoms with Crippen LogP contribution < -0.4 is 5.32 Å². The fourth-order valence-electron chi connectivity index (χ4n) is 2.60. The van der Waals surface area contributed by atoms with Crippen LogP contribution in [0.5, 0.6) is 0 Å². The summed E-state index contributed by atoms with van der Waals surface area (Å²) in [5, 5.41) is 11.8. The first kappa shape index (κ1) is 12.9. The van der Waals surface area contributed by atoms with Gasteiger partial charge >= 0.3 is 0 Å². The fraction of sp³-hybridized carbons (Fsp3) is 0.333. The minimum atomic E-state index is 0.194. The van der Waals surface area contributed by atoms with E-state index in [1.54, 1.807) is 0 Å². The summed E-state index contributed by atoms with van der Waals surface area (Å²) in [7, 11) is 0. The number of aryl methyl sites for hydroxylation is 2. The van der Waals surface area contributed by atoms with Gasteiger partial charge in [0.2, 0.25) is 0 Å². The minimum absolute atomic E-state index is 0.194. The van der Waals surface area contributed by atoms with E-state index >= 15 is 0 Å². The molecule has 1 N–H and O–H groups in total. The van der Waals surface area contributed by atoms with Crippen molar-refractivity contribution in [2.75, 3.05) is 0 Å². The third-order valence-corrected chi connectivity index (χ3v) is 3.63. The quantitative estimate of drug-likeness (QED) is 0.792. The Morgan fingerprint density at radius 1 is 1.35 bits per heavy atom. The van der Waals surface area contributed by atoms with E-state index in [-0.39, 0.29) is 6.04 Å². The van der Waals surface area contributed by atoms with Crippen LogP contribution in [0.2, 0.25) is 0 Å². The largest absolute Gasteiger partial charge is 0.361 e. The number of pyridine rings is 1. The Hall–Kier alpha value is -2.14. The van der Waals surface area contributed by atoms with Crippen molar-refractivity contribution in [1.29, 1.82) is 0 Å². The molecule has 5 nitrogen and oxygen atoms in total. The molecular weight excluding hydrogens is 252 g/mol. The summed E-state index contributed by atoms with van der Waals surface area (Å²) in [4.78, 5) is 0. The van der Waals surface area contributed by atoms with Crippen molar-refractivity contribution < 1.29 is 4.52 Å². The maximum Gasteiger partial charge on any atom is 0.138 e. The molecule has 1 atom stereocenters. The minimum Gasteiger partial charge on any atom is -0.361 e. The van der Waals surface area contributed by atoms with Gasteiger partial charge < -0.3 is 9.84 Å². The van der Waals surface area contributed by atoms with Gasteiger partial charge in [0.25, 0.3) is 0 Å². The van der Waals surface area contributed by atoms with E-state index in [0.29, 0.717) is 0 Å². The van der Waals surface area contributed by atoms with E-state index in [9.17, 15) is 0 Å². The molecule has 104 valence electrons. The number of rotatable bonds is 4. The molecule has 0 fully saturated rings. The van der Waals surface area contributed by atoms with Crippen LogP contribution in [0.3, 0.4) is 0 Å². The van der Waals surface area contributed by atoms with Crippen LogP contribution in [0.15, 0.2) is 35.1 Å². The third-order valence-electron chi connectivity index (χ3n) is 3.63. The van der Waals surface area contributed by atoms with Crippen molar-refractivity contribution in [1.82, 2.24) is 20.1 Å². The molecule has 0 aromatic carbocycles. The molecule has 20 heavy (non-hydrogen) atoms. The van der Waals surface area contributed by atoms with Crippen LogP contribution in [-0.4, -0.2) is 14.8 Å². The number of hydrogen-bond acceptors (Lipinski definition) is 4. The Labute approximate surface area is 117 Å². The summed E-state index contributed by atoms with van der Waals surface area (Å²) in [6.45, 7) is 6.80. The average Bonchev–Trinajstić information content (AvgIpc) is 3.00. The lowest BCUT2D eigenvalue weighted by Crippen LogP contribution is -2.19. The van der Waals surface area contributed by atoms with Gasteiger partial charge in [-0.3, -0.25) is 0 Å². The zero-order valence-corrected chi connectivity index (χ0v) is 11.9. The molecule has 0 spiro atoms. The number of fused-ring (bicyclic) bond motifs is 1. The molecule has 3 heterocycles. The lowest BCUT2D eigenvalue weighted by Gasteiger charge is -2.13. The molecule has 3 aromatic heterocycles. The maximum absolute atomic E-state index is 5.22. The van der Waals surface area contributed by atoms with E-state index in [2.05, 4.69) is 28.6 Å². The van der Waals surface area contributed by atoms with Gasteiger partial charge in [-0.2, -0.15) is 5.10 Å². The van der Waals surface area contributed by atoms with Gasteiger partial charge in [0, 0.05) is 29.9 Å². The average molecular weight is 270 g/mol. The number of nitrogens with zero attached hydrogens (tertiary/aromatic N) is 3. The zero-order chi connectivity index (χ0) is 14.1. The van der Waals surface area contributed by atoms with Crippen LogP contribution in [-0.2, 0) is 6.54 Å². The Balaban J connectivity index is 1.76. The van der Waals surface area contributed by atoms with Crippen molar-refractivity contribution in [3.05, 3.63) is 53.2 Å². The first-order valence-corrected chi connectivity index (χ1v) is 6.74. The topological polar surface area (TPSA) is 55.4 Å². The van der Waals surface area contributed by atoms with E-state index in [1.165, 1.54) is 5.56 Å². The Bertz CT molecular complexity index is 709. The monoisotopic (exact) mass is 270 g/mol. The highest BCUT2D eigenvalue weighted by atomic mass is 16.5. The number of hydrogen-bond donors (Lipinski definition) is 1. The first-order valence-electron chi connectivity index (χ1n) is 6.74. The van der Waals surface area contributed by atoms with Crippen molar-refractivity contribution in [2.24, 2.45) is 0 Å². The molecule has 0 saturated heterocycles. The summed E-state index contributed by atoms with van der Waals surface area (Å²) in [6, 6.07) is 6.27. The SMILES string of the molecule is Cc1noc(C)c1C(C)NCc1cnn2ccccc12. The highest BCUT2D eigenvalue weighted by molar-refractivity contribution is 5.53. The summed E-state index contributed by atoms with van der Waals surface area (Å²) in [5.74, 6) is 0.877. The van der Waals surface area contributed by atoms with Crippen LogP contribution in [0.1, 0.15) is 35.5 Å². The third kappa shape index (κ3) is 2.20. The molecular formula is C15H18N4O. The van der Waals surface area contributed by atoms with Gasteiger partial charge in [0.05, 0.1) is 17.4 Å². The van der Waals surface area contributed by atoms with Gasteiger partial charge in [-0.25, -0.2) is 4.52 Å². The maximum atomic E-state index is 5.22. The van der Waals surface area contributed by atoms with Crippen LogP contribution in [0, 0.1) is 13.8 Å². The van der Waals surface area contributed by atoms with E-state index in [1.807, 2.05) is 42.9 Å². The van der Waals surface area contributed by atoms with Gasteiger partial charge in [-0.1, -0.05) is 11.2 Å². The van der Waals surface area contributed by atoms with Crippen LogP contribution in [0.25, 0.3) is 5.52 Å². The molecule has 3 aromatic rings. The standard InChI is InChI=1S/C15H18N4O/c1-10(15-11(2)18-20-12(15)3)16-8-13-9-17-19-7-5-4-6-14(13)19/h4-7,9-10,16H,8H2,1-3H3. The van der Waals surface area contributed by atoms with E-state index in [0.717, 1.165) is 29.1 Å². The Morgan fingerprint density at radius 3 is 2.95 bits per heavy atom. The Morgan fingerprint density at radius 2 is 2.20 bits per heavy atom. The van der Waals surface area contributed by atoms with E-state index < -0.39 is 0 Å². The predicted octanol–water partition coefficient (Wildman–Crippen LogP) is 2.79. The molecule has 0 amide bonds. The Kier molecular flexibility index (Phi) is 3.28. The van der Waals surface area contributed by atoms with Gasteiger partial charge in [0.15, 0.2) is 0 Å². The molecule has 3 rings (SSSR count). The normalized spacial score (nSPS) is 12.9. The van der Waals surface area contributed by atoms with Crippen LogP contribution >= 0.6 is 0 Å². The molecule has 0 bridgehead atoms. The number of nitrogens with one attached hydrogen (secondary N) is 1. The molecule has 1 unspecified atom stereocenters. The smallest absolute Gasteiger partial charge is 0.138 e. The van der Waals surface area contributed by atoms with Crippen molar-refractivity contribution in [3.8, 4) is 0 Å². The van der Waals surface area contributed by atoms with Gasteiger partial charge in [-0.15, -0.1) is 0 Å². The molecule has 0 radical (unpaired) electrons. The second kappa shape index (κ2) is 5.09. The van der Waals surface area contributed by atoms with Crippen molar-refractivity contribution >= 4 is 5.52 Å². The molecule has 5 heteroatoms. The molecule has 0 saturated carbocycles. The lowest BCUT2D eigenvalue weighted by molar-refractivity contribution is 0.390. The van der Waals surface area contributed by atoms with Gasteiger partial charge in [0.1, 0.15) is 5.76 Å². The van der Waals surface area contributed by atoms with E-state index in [4.69, 9.17) is 4.52 Å². The highest BCUT2D eigenvalue weighted by Gasteiger charge is 2.16. The molecule has 0 aliphatic heterocycles. The van der Waals surface area contributed by atoms with Gasteiger partial charge in [-0.05, 0) is 32.9 Å². The number of aromatic nitrogens is 3. The molecule has 0 aliphatic carbocycles. The fourth-order valence-corrected chi connectivity index (χ4v) is 2.60. The van der Waals surface area contributed by atoms with Crippen LogP contribution in [0.4, 0.5) is 0 Å². The summed E-state index contributed by atoms with van der Waals surface area (Å²) >= 11 is 0.